The molecule has 2 aromatic carbocycles. The molecule has 0 radical (unpaired) electrons. The van der Waals surface area contributed by atoms with Crippen LogP contribution in [0.3, 0.4) is 0 Å². The van der Waals surface area contributed by atoms with Crippen LogP contribution in [0.5, 0.6) is 0 Å². The van der Waals surface area contributed by atoms with Crippen LogP contribution in [0.25, 0.3) is 16.7 Å². The Kier molecular flexibility index (Phi) is 2.95. The molecule has 2 aromatic rings. The number of carbonyl (C=O) groups excluding carboxylic acids is 2. The smallest absolute Gasteiger partial charge is 0.170 e. The van der Waals surface area contributed by atoms with Crippen LogP contribution < -0.4 is 0 Å². The highest BCUT2D eigenvalue weighted by molar-refractivity contribution is 6.30. The van der Waals surface area contributed by atoms with Crippen molar-refractivity contribution in [1.29, 1.82) is 0 Å². The highest BCUT2D eigenvalue weighted by Gasteiger charge is 2.51. The molecule has 1 saturated carbocycles. The molecule has 0 spiro atoms. The molecule has 0 saturated heterocycles. The molecule has 5 rings (SSSR count). The largest absolute Gasteiger partial charge is 0.380 e. The van der Waals surface area contributed by atoms with Crippen LogP contribution in [0.2, 0.25) is 0 Å². The quantitative estimate of drug-likeness (QED) is 0.874. The normalized spacial score (nSPS) is 24.0. The molecule has 0 bridgehead atoms. The van der Waals surface area contributed by atoms with Gasteiger partial charge in [-0.25, -0.2) is 0 Å². The van der Waals surface area contributed by atoms with Crippen molar-refractivity contribution in [3.63, 3.8) is 0 Å². The van der Waals surface area contributed by atoms with Crippen molar-refractivity contribution < 1.29 is 14.7 Å². The summed E-state index contributed by atoms with van der Waals surface area (Å²) in [4.78, 5) is 25.6. The number of carbonyl (C=O) groups is 2. The third kappa shape index (κ3) is 2.02. The monoisotopic (exact) mass is 330 g/mol. The number of aliphatic hydroxyl groups is 1. The maximum absolute atomic E-state index is 12.8. The number of allylic oxidation sites excluding steroid dienone is 1. The molecule has 3 nitrogen and oxygen atoms in total. The lowest BCUT2D eigenvalue weighted by atomic mass is 9.72. The zero-order chi connectivity index (χ0) is 17.2. The third-order valence-corrected chi connectivity index (χ3v) is 5.67. The van der Waals surface area contributed by atoms with E-state index in [1.165, 1.54) is 0 Å². The topological polar surface area (TPSA) is 54.4 Å². The van der Waals surface area contributed by atoms with Crippen molar-refractivity contribution in [2.75, 3.05) is 0 Å². The Hall–Kier alpha value is -2.52. The van der Waals surface area contributed by atoms with E-state index < -0.39 is 5.60 Å². The molecule has 1 unspecified atom stereocenters. The zero-order valence-corrected chi connectivity index (χ0v) is 13.8. The van der Waals surface area contributed by atoms with E-state index in [-0.39, 0.29) is 23.6 Å². The van der Waals surface area contributed by atoms with Gasteiger partial charge in [-0.05, 0) is 41.0 Å². The van der Waals surface area contributed by atoms with E-state index in [4.69, 9.17) is 0 Å². The Labute approximate surface area is 146 Å². The van der Waals surface area contributed by atoms with Gasteiger partial charge in [-0.15, -0.1) is 0 Å². The Morgan fingerprint density at radius 2 is 1.64 bits per heavy atom. The van der Waals surface area contributed by atoms with Crippen LogP contribution in [0.1, 0.15) is 36.8 Å². The van der Waals surface area contributed by atoms with Gasteiger partial charge in [0.15, 0.2) is 11.6 Å². The summed E-state index contributed by atoms with van der Waals surface area (Å²) in [5, 5.41) is 11.5. The average molecular weight is 330 g/mol. The van der Waals surface area contributed by atoms with Gasteiger partial charge in [-0.2, -0.15) is 0 Å². The first kappa shape index (κ1) is 14.8. The molecule has 0 heterocycles. The van der Waals surface area contributed by atoms with E-state index in [1.807, 2.05) is 48.5 Å². The van der Waals surface area contributed by atoms with Crippen LogP contribution in [-0.4, -0.2) is 16.7 Å². The molecule has 124 valence electrons. The first-order valence-corrected chi connectivity index (χ1v) is 8.82. The lowest BCUT2D eigenvalue weighted by molar-refractivity contribution is -0.122. The van der Waals surface area contributed by atoms with Gasteiger partial charge < -0.3 is 5.11 Å². The molecule has 1 N–H and O–H groups in total. The lowest BCUT2D eigenvalue weighted by Crippen LogP contribution is -2.29. The van der Waals surface area contributed by atoms with Crippen molar-refractivity contribution in [2.45, 2.75) is 31.3 Å². The molecule has 0 aromatic heterocycles. The van der Waals surface area contributed by atoms with Crippen LogP contribution in [0.15, 0.2) is 54.1 Å². The standard InChI is InChI=1S/C22H18O3/c23-18(11-13-9-10-13)20-19(24)12-22(25)17-8-4-3-6-15(17)14-5-1-2-7-16(14)21(20)22/h1-8,13,25H,9-12H2. The number of benzene rings is 2. The van der Waals surface area contributed by atoms with Crippen LogP contribution in [0, 0.1) is 5.92 Å². The summed E-state index contributed by atoms with van der Waals surface area (Å²) in [5.74, 6) is 0.0791. The Balaban J connectivity index is 1.80. The molecule has 0 aliphatic heterocycles. The predicted molar refractivity (Wildman–Crippen MR) is 94.7 cm³/mol. The fraction of sp³-hybridized carbons (Fsp3) is 0.273. The molecule has 3 heteroatoms. The maximum Gasteiger partial charge on any atom is 0.170 e. The number of Topliss-reactive ketones (excluding diaryl/α,β-unsaturated/α-hetero) is 2. The van der Waals surface area contributed by atoms with Gasteiger partial charge in [-0.3, -0.25) is 9.59 Å². The van der Waals surface area contributed by atoms with Gasteiger partial charge >= 0.3 is 0 Å². The minimum atomic E-state index is -1.39. The van der Waals surface area contributed by atoms with Crippen molar-refractivity contribution in [3.8, 4) is 11.1 Å². The fourth-order valence-electron chi connectivity index (χ4n) is 4.34. The third-order valence-electron chi connectivity index (χ3n) is 5.67. The van der Waals surface area contributed by atoms with E-state index in [0.29, 0.717) is 17.9 Å². The average Bonchev–Trinajstić information content (AvgIpc) is 3.37. The summed E-state index contributed by atoms with van der Waals surface area (Å²) in [7, 11) is 0. The number of hydrogen-bond donors (Lipinski definition) is 1. The fourth-order valence-corrected chi connectivity index (χ4v) is 4.34. The molecule has 1 atom stereocenters. The molecule has 25 heavy (non-hydrogen) atoms. The van der Waals surface area contributed by atoms with Crippen LogP contribution in [-0.2, 0) is 15.2 Å². The van der Waals surface area contributed by atoms with Crippen molar-refractivity contribution >= 4 is 17.1 Å². The van der Waals surface area contributed by atoms with Crippen molar-refractivity contribution in [2.24, 2.45) is 5.92 Å². The summed E-state index contributed by atoms with van der Waals surface area (Å²) in [6.45, 7) is 0. The van der Waals surface area contributed by atoms with E-state index in [1.54, 1.807) is 0 Å². The molecular weight excluding hydrogens is 312 g/mol. The molecule has 3 aliphatic rings. The zero-order valence-electron chi connectivity index (χ0n) is 13.8. The summed E-state index contributed by atoms with van der Waals surface area (Å²) in [6.07, 6.45) is 2.50. The lowest BCUT2D eigenvalue weighted by Gasteiger charge is -2.34. The molecule has 3 aliphatic carbocycles. The number of ketones is 2. The van der Waals surface area contributed by atoms with Gasteiger partial charge in [-0.1, -0.05) is 48.5 Å². The van der Waals surface area contributed by atoms with Crippen molar-refractivity contribution in [1.82, 2.24) is 0 Å². The first-order chi connectivity index (χ1) is 12.1. The Morgan fingerprint density at radius 3 is 2.36 bits per heavy atom. The van der Waals surface area contributed by atoms with Gasteiger partial charge in [0.05, 0.1) is 5.57 Å². The van der Waals surface area contributed by atoms with Gasteiger partial charge in [0, 0.05) is 18.4 Å². The van der Waals surface area contributed by atoms with Gasteiger partial charge in [0.25, 0.3) is 0 Å². The summed E-state index contributed by atoms with van der Waals surface area (Å²) in [6, 6.07) is 15.4. The van der Waals surface area contributed by atoms with Gasteiger partial charge in [0.1, 0.15) is 5.60 Å². The highest BCUT2D eigenvalue weighted by atomic mass is 16.3. The van der Waals surface area contributed by atoms with E-state index in [9.17, 15) is 14.7 Å². The Bertz CT molecular complexity index is 965. The second kappa shape index (κ2) is 4.99. The second-order valence-corrected chi connectivity index (χ2v) is 7.37. The summed E-state index contributed by atoms with van der Waals surface area (Å²) < 4.78 is 0. The summed E-state index contributed by atoms with van der Waals surface area (Å²) in [5.41, 5.74) is 2.82. The first-order valence-electron chi connectivity index (χ1n) is 8.82. The second-order valence-electron chi connectivity index (χ2n) is 7.37. The van der Waals surface area contributed by atoms with E-state index in [2.05, 4.69) is 0 Å². The van der Waals surface area contributed by atoms with Crippen LogP contribution >= 0.6 is 0 Å². The number of hydrogen-bond acceptors (Lipinski definition) is 3. The number of fused-ring (bicyclic) bond motifs is 6. The van der Waals surface area contributed by atoms with Gasteiger partial charge in [0.2, 0.25) is 0 Å². The highest BCUT2D eigenvalue weighted by Crippen LogP contribution is 2.55. The van der Waals surface area contributed by atoms with Crippen LogP contribution in [0.4, 0.5) is 0 Å². The number of rotatable bonds is 3. The SMILES string of the molecule is O=C(CC1CC1)C1=C2c3ccccc3-c3ccccc3C2(O)CC1=O. The maximum atomic E-state index is 12.8. The predicted octanol–water partition coefficient (Wildman–Crippen LogP) is 3.65. The minimum Gasteiger partial charge on any atom is -0.380 e. The Morgan fingerprint density at radius 1 is 1.00 bits per heavy atom. The van der Waals surface area contributed by atoms with E-state index in [0.717, 1.165) is 35.1 Å². The van der Waals surface area contributed by atoms with E-state index >= 15 is 0 Å². The molecule has 0 amide bonds. The molecule has 1 fully saturated rings. The minimum absolute atomic E-state index is 0.0422. The molecular formula is C22H18O3. The van der Waals surface area contributed by atoms with Crippen molar-refractivity contribution in [3.05, 3.63) is 65.2 Å². The summed E-state index contributed by atoms with van der Waals surface area (Å²) >= 11 is 0.